The lowest BCUT2D eigenvalue weighted by atomic mass is 10.0. The standard InChI is InChI=1S/C15H18N2/c1-2-6-14-12(5-1)13-10-11-4-3-8-17(11)9-7-15(13)16-14/h1-2,5-6,11,16H,3-4,7-10H2. The van der Waals surface area contributed by atoms with Crippen molar-refractivity contribution in [2.75, 3.05) is 13.1 Å². The molecule has 2 nitrogen and oxygen atoms in total. The molecule has 1 saturated heterocycles. The van der Waals surface area contributed by atoms with Crippen LogP contribution < -0.4 is 0 Å². The number of aromatic nitrogens is 1. The van der Waals surface area contributed by atoms with Gasteiger partial charge in [0.15, 0.2) is 0 Å². The van der Waals surface area contributed by atoms with Gasteiger partial charge in [0, 0.05) is 35.6 Å². The lowest BCUT2D eigenvalue weighted by Gasteiger charge is -2.20. The molecule has 0 aliphatic carbocycles. The van der Waals surface area contributed by atoms with Crippen molar-refractivity contribution in [1.82, 2.24) is 9.88 Å². The second-order valence-electron chi connectivity index (χ2n) is 5.41. The number of benzene rings is 1. The fourth-order valence-electron chi connectivity index (χ4n) is 3.61. The van der Waals surface area contributed by atoms with Gasteiger partial charge >= 0.3 is 0 Å². The van der Waals surface area contributed by atoms with Crippen molar-refractivity contribution in [1.29, 1.82) is 0 Å². The van der Waals surface area contributed by atoms with Gasteiger partial charge in [-0.25, -0.2) is 0 Å². The molecule has 1 N–H and O–H groups in total. The van der Waals surface area contributed by atoms with E-state index in [1.54, 1.807) is 5.56 Å². The summed E-state index contributed by atoms with van der Waals surface area (Å²) in [6, 6.07) is 9.56. The molecular weight excluding hydrogens is 208 g/mol. The number of aromatic amines is 1. The Bertz CT molecular complexity index is 555. The van der Waals surface area contributed by atoms with Gasteiger partial charge < -0.3 is 4.98 Å². The van der Waals surface area contributed by atoms with Gasteiger partial charge in [-0.2, -0.15) is 0 Å². The van der Waals surface area contributed by atoms with Crippen LogP contribution in [0.2, 0.25) is 0 Å². The lowest BCUT2D eigenvalue weighted by molar-refractivity contribution is 0.263. The summed E-state index contributed by atoms with van der Waals surface area (Å²) >= 11 is 0. The van der Waals surface area contributed by atoms with Gasteiger partial charge in [0.05, 0.1) is 0 Å². The molecule has 1 aromatic carbocycles. The second kappa shape index (κ2) is 3.61. The van der Waals surface area contributed by atoms with Crippen molar-refractivity contribution in [3.63, 3.8) is 0 Å². The van der Waals surface area contributed by atoms with Crippen LogP contribution in [0.15, 0.2) is 24.3 Å². The van der Waals surface area contributed by atoms with Crippen molar-refractivity contribution in [3.05, 3.63) is 35.5 Å². The maximum Gasteiger partial charge on any atom is 0.0458 e. The predicted octanol–water partition coefficient (Wildman–Crippen LogP) is 2.73. The van der Waals surface area contributed by atoms with Crippen LogP contribution in [-0.2, 0) is 12.8 Å². The Kier molecular flexibility index (Phi) is 2.06. The molecule has 0 radical (unpaired) electrons. The highest BCUT2D eigenvalue weighted by atomic mass is 15.2. The third-order valence-corrected chi connectivity index (χ3v) is 4.49. The summed E-state index contributed by atoms with van der Waals surface area (Å²) in [5.74, 6) is 0. The molecule has 1 fully saturated rings. The van der Waals surface area contributed by atoms with E-state index in [1.807, 2.05) is 0 Å². The van der Waals surface area contributed by atoms with Gasteiger partial charge in [0.2, 0.25) is 0 Å². The largest absolute Gasteiger partial charge is 0.358 e. The summed E-state index contributed by atoms with van der Waals surface area (Å²) in [6.45, 7) is 2.55. The molecule has 2 aromatic rings. The van der Waals surface area contributed by atoms with Crippen LogP contribution in [0, 0.1) is 0 Å². The van der Waals surface area contributed by atoms with Crippen LogP contribution in [0.3, 0.4) is 0 Å². The zero-order valence-electron chi connectivity index (χ0n) is 10.1. The third-order valence-electron chi connectivity index (χ3n) is 4.49. The minimum absolute atomic E-state index is 0.801. The predicted molar refractivity (Wildman–Crippen MR) is 70.3 cm³/mol. The number of rotatable bonds is 0. The molecule has 0 amide bonds. The number of nitrogens with zero attached hydrogens (tertiary/aromatic N) is 1. The van der Waals surface area contributed by atoms with Gasteiger partial charge in [-0.3, -0.25) is 4.90 Å². The molecule has 0 bridgehead atoms. The van der Waals surface area contributed by atoms with E-state index in [2.05, 4.69) is 34.1 Å². The summed E-state index contributed by atoms with van der Waals surface area (Å²) in [6.07, 6.45) is 5.22. The average molecular weight is 226 g/mol. The van der Waals surface area contributed by atoms with E-state index in [0.29, 0.717) is 0 Å². The fourth-order valence-corrected chi connectivity index (χ4v) is 3.61. The first-order chi connectivity index (χ1) is 8.42. The summed E-state index contributed by atoms with van der Waals surface area (Å²) in [5, 5.41) is 1.45. The van der Waals surface area contributed by atoms with Crippen LogP contribution in [0.1, 0.15) is 24.1 Å². The quantitative estimate of drug-likeness (QED) is 0.732. The highest BCUT2D eigenvalue weighted by Crippen LogP contribution is 2.31. The van der Waals surface area contributed by atoms with E-state index in [1.165, 1.54) is 55.4 Å². The Morgan fingerprint density at radius 3 is 3.12 bits per heavy atom. The molecule has 17 heavy (non-hydrogen) atoms. The summed E-state index contributed by atoms with van der Waals surface area (Å²) in [4.78, 5) is 6.30. The van der Waals surface area contributed by atoms with E-state index >= 15 is 0 Å². The van der Waals surface area contributed by atoms with Crippen molar-refractivity contribution in [2.24, 2.45) is 0 Å². The third kappa shape index (κ3) is 1.44. The summed E-state index contributed by atoms with van der Waals surface area (Å²) in [5.41, 5.74) is 4.40. The topological polar surface area (TPSA) is 19.0 Å². The molecule has 2 heteroatoms. The first kappa shape index (κ1) is 9.72. The van der Waals surface area contributed by atoms with Crippen LogP contribution in [0.4, 0.5) is 0 Å². The minimum atomic E-state index is 0.801. The fraction of sp³-hybridized carbons (Fsp3) is 0.467. The monoisotopic (exact) mass is 226 g/mol. The smallest absolute Gasteiger partial charge is 0.0458 e. The van der Waals surface area contributed by atoms with Gasteiger partial charge in [-0.05, 0) is 37.4 Å². The van der Waals surface area contributed by atoms with E-state index in [-0.39, 0.29) is 0 Å². The Hall–Kier alpha value is -1.28. The second-order valence-corrected chi connectivity index (χ2v) is 5.41. The number of hydrogen-bond acceptors (Lipinski definition) is 1. The highest BCUT2D eigenvalue weighted by Gasteiger charge is 2.29. The number of fused-ring (bicyclic) bond motifs is 4. The Morgan fingerprint density at radius 1 is 1.18 bits per heavy atom. The zero-order chi connectivity index (χ0) is 11.2. The first-order valence-corrected chi connectivity index (χ1v) is 6.74. The Labute approximate surface area is 102 Å². The number of H-pyrrole nitrogens is 1. The molecule has 2 aliphatic rings. The van der Waals surface area contributed by atoms with Crippen molar-refractivity contribution in [3.8, 4) is 0 Å². The Balaban J connectivity index is 1.84. The molecular formula is C15H18N2. The van der Waals surface area contributed by atoms with Crippen molar-refractivity contribution >= 4 is 10.9 Å². The minimum Gasteiger partial charge on any atom is -0.358 e. The normalized spacial score (nSPS) is 24.6. The molecule has 0 spiro atoms. The molecule has 0 saturated carbocycles. The number of nitrogens with one attached hydrogen (secondary N) is 1. The maximum atomic E-state index is 3.62. The Morgan fingerprint density at radius 2 is 2.12 bits per heavy atom. The number of para-hydroxylation sites is 1. The van der Waals surface area contributed by atoms with Gasteiger partial charge in [-0.15, -0.1) is 0 Å². The average Bonchev–Trinajstić information content (AvgIpc) is 2.90. The zero-order valence-corrected chi connectivity index (χ0v) is 10.1. The van der Waals surface area contributed by atoms with E-state index in [0.717, 1.165) is 6.04 Å². The van der Waals surface area contributed by atoms with Gasteiger partial charge in [0.1, 0.15) is 0 Å². The molecule has 88 valence electrons. The molecule has 3 heterocycles. The van der Waals surface area contributed by atoms with E-state index in [4.69, 9.17) is 0 Å². The van der Waals surface area contributed by atoms with Crippen LogP contribution in [-0.4, -0.2) is 29.0 Å². The van der Waals surface area contributed by atoms with Crippen molar-refractivity contribution < 1.29 is 0 Å². The first-order valence-electron chi connectivity index (χ1n) is 6.74. The molecule has 4 rings (SSSR count). The molecule has 1 atom stereocenters. The maximum absolute atomic E-state index is 3.62. The summed E-state index contributed by atoms with van der Waals surface area (Å²) in [7, 11) is 0. The molecule has 2 aliphatic heterocycles. The van der Waals surface area contributed by atoms with Crippen molar-refractivity contribution in [2.45, 2.75) is 31.7 Å². The van der Waals surface area contributed by atoms with Gasteiger partial charge in [0.25, 0.3) is 0 Å². The lowest BCUT2D eigenvalue weighted by Crippen LogP contribution is -2.30. The molecule has 1 unspecified atom stereocenters. The van der Waals surface area contributed by atoms with Crippen LogP contribution in [0.5, 0.6) is 0 Å². The van der Waals surface area contributed by atoms with Crippen LogP contribution in [0.25, 0.3) is 10.9 Å². The van der Waals surface area contributed by atoms with Gasteiger partial charge in [-0.1, -0.05) is 18.2 Å². The highest BCUT2D eigenvalue weighted by molar-refractivity contribution is 5.84. The van der Waals surface area contributed by atoms with E-state index in [9.17, 15) is 0 Å². The van der Waals surface area contributed by atoms with Crippen LogP contribution >= 0.6 is 0 Å². The SMILES string of the molecule is c1ccc2c3c([nH]c2c1)CCN1CCCC1C3. The van der Waals surface area contributed by atoms with E-state index < -0.39 is 0 Å². The summed E-state index contributed by atoms with van der Waals surface area (Å²) < 4.78 is 0. The molecule has 1 aromatic heterocycles. The number of hydrogen-bond donors (Lipinski definition) is 1.